The highest BCUT2D eigenvalue weighted by molar-refractivity contribution is 7.98. The van der Waals surface area contributed by atoms with Crippen LogP contribution in [0.4, 0.5) is 0 Å². The molecule has 0 radical (unpaired) electrons. The van der Waals surface area contributed by atoms with Crippen molar-refractivity contribution >= 4 is 36.0 Å². The Morgan fingerprint density at radius 3 is 2.54 bits per heavy atom. The molecule has 5 nitrogen and oxygen atoms in total. The zero-order valence-electron chi connectivity index (χ0n) is 15.2. The maximum Gasteiger partial charge on any atom is 0.307 e. The van der Waals surface area contributed by atoms with Gasteiger partial charge in [-0.25, -0.2) is 0 Å². The number of carbonyl (C=O) groups excluding carboxylic acids is 2. The van der Waals surface area contributed by atoms with Crippen LogP contribution < -0.4 is 10.6 Å². The van der Waals surface area contributed by atoms with Crippen LogP contribution in [0.15, 0.2) is 29.2 Å². The third kappa shape index (κ3) is 4.72. The van der Waals surface area contributed by atoms with Gasteiger partial charge in [-0.1, -0.05) is 12.1 Å². The zero-order valence-corrected chi connectivity index (χ0v) is 16.9. The number of methoxy groups -OCH3 is 1. The van der Waals surface area contributed by atoms with Crippen LogP contribution in [-0.4, -0.2) is 38.3 Å². The van der Waals surface area contributed by atoms with E-state index in [4.69, 9.17) is 4.74 Å². The lowest BCUT2D eigenvalue weighted by Crippen LogP contribution is -2.36. The SMILES string of the molecule is COC(=O)CC(NC(=O)C1CC12CCNCC2)c1ccc(SC)cc1.Cl. The number of benzene rings is 1. The van der Waals surface area contributed by atoms with Crippen molar-refractivity contribution in [1.29, 1.82) is 0 Å². The van der Waals surface area contributed by atoms with E-state index in [0.717, 1.165) is 42.8 Å². The molecule has 144 valence electrons. The highest BCUT2D eigenvalue weighted by atomic mass is 35.5. The molecule has 1 saturated carbocycles. The molecule has 2 N–H and O–H groups in total. The lowest BCUT2D eigenvalue weighted by atomic mass is 9.91. The lowest BCUT2D eigenvalue weighted by molar-refractivity contribution is -0.141. The monoisotopic (exact) mass is 398 g/mol. The van der Waals surface area contributed by atoms with Crippen molar-refractivity contribution in [2.45, 2.75) is 36.6 Å². The number of carbonyl (C=O) groups is 2. The van der Waals surface area contributed by atoms with E-state index in [1.165, 1.54) is 7.11 Å². The molecule has 2 atom stereocenters. The summed E-state index contributed by atoms with van der Waals surface area (Å²) in [5, 5.41) is 6.46. The van der Waals surface area contributed by atoms with Crippen molar-refractivity contribution in [3.63, 3.8) is 0 Å². The molecule has 1 aromatic rings. The molecule has 2 aliphatic rings. The molecule has 1 spiro atoms. The van der Waals surface area contributed by atoms with E-state index in [0.29, 0.717) is 0 Å². The van der Waals surface area contributed by atoms with Crippen molar-refractivity contribution < 1.29 is 14.3 Å². The maximum absolute atomic E-state index is 12.8. The van der Waals surface area contributed by atoms with Gasteiger partial charge in [-0.05, 0) is 61.7 Å². The molecule has 2 unspecified atom stereocenters. The molecular weight excluding hydrogens is 372 g/mol. The smallest absolute Gasteiger partial charge is 0.307 e. The summed E-state index contributed by atoms with van der Waals surface area (Å²) in [6.07, 6.45) is 5.28. The Balaban J connectivity index is 0.00000243. The van der Waals surface area contributed by atoms with Gasteiger partial charge in [0.25, 0.3) is 0 Å². The molecule has 1 aliphatic carbocycles. The number of hydrogen-bond donors (Lipinski definition) is 2. The molecule has 1 aromatic carbocycles. The first-order valence-electron chi connectivity index (χ1n) is 8.80. The molecule has 1 heterocycles. The number of rotatable bonds is 6. The summed E-state index contributed by atoms with van der Waals surface area (Å²) in [7, 11) is 1.38. The van der Waals surface area contributed by atoms with Crippen molar-refractivity contribution in [3.8, 4) is 0 Å². The fourth-order valence-electron chi connectivity index (χ4n) is 3.81. The van der Waals surface area contributed by atoms with Gasteiger partial charge in [0.1, 0.15) is 0 Å². The summed E-state index contributed by atoms with van der Waals surface area (Å²) < 4.78 is 4.81. The number of ether oxygens (including phenoxy) is 1. The summed E-state index contributed by atoms with van der Waals surface area (Å²) in [5.41, 5.74) is 1.13. The Morgan fingerprint density at radius 1 is 1.31 bits per heavy atom. The standard InChI is InChI=1S/C19H26N2O3S.ClH/c1-24-17(22)11-16(13-3-5-14(25-2)6-4-13)21-18(23)15-12-19(15)7-9-20-10-8-19;/h3-6,15-16,20H,7-12H2,1-2H3,(H,21,23);1H. The van der Waals surface area contributed by atoms with Gasteiger partial charge in [-0.3, -0.25) is 9.59 Å². The number of hydrogen-bond acceptors (Lipinski definition) is 5. The maximum atomic E-state index is 12.8. The Labute approximate surface area is 165 Å². The number of halogens is 1. The fraction of sp³-hybridized carbons (Fsp3) is 0.579. The molecule has 7 heteroatoms. The van der Waals surface area contributed by atoms with Crippen LogP contribution in [0.2, 0.25) is 0 Å². The van der Waals surface area contributed by atoms with Gasteiger partial charge >= 0.3 is 5.97 Å². The summed E-state index contributed by atoms with van der Waals surface area (Å²) in [5.74, 6) is -0.156. The Hall–Kier alpha value is -1.24. The highest BCUT2D eigenvalue weighted by Crippen LogP contribution is 2.58. The highest BCUT2D eigenvalue weighted by Gasteiger charge is 2.57. The topological polar surface area (TPSA) is 67.4 Å². The molecule has 1 saturated heterocycles. The molecule has 0 bridgehead atoms. The normalized spacial score (nSPS) is 21.4. The summed E-state index contributed by atoms with van der Waals surface area (Å²) >= 11 is 1.67. The predicted octanol–water partition coefficient (Wildman–Crippen LogP) is 2.94. The molecule has 26 heavy (non-hydrogen) atoms. The third-order valence-corrected chi connectivity index (χ3v) is 6.28. The number of piperidine rings is 1. The van der Waals surface area contributed by atoms with Crippen LogP contribution in [0.1, 0.15) is 37.3 Å². The van der Waals surface area contributed by atoms with Crippen molar-refractivity contribution in [3.05, 3.63) is 29.8 Å². The quantitative estimate of drug-likeness (QED) is 0.569. The van der Waals surface area contributed by atoms with Crippen molar-refractivity contribution in [2.24, 2.45) is 11.3 Å². The van der Waals surface area contributed by atoms with Gasteiger partial charge in [0.15, 0.2) is 0 Å². The first-order chi connectivity index (χ1) is 12.1. The number of thioether (sulfide) groups is 1. The average Bonchev–Trinajstić information content (AvgIpc) is 3.34. The van der Waals surface area contributed by atoms with Crippen LogP contribution in [-0.2, 0) is 14.3 Å². The van der Waals surface area contributed by atoms with Crippen LogP contribution in [0.3, 0.4) is 0 Å². The Morgan fingerprint density at radius 2 is 1.96 bits per heavy atom. The molecule has 1 amide bonds. The molecule has 0 aromatic heterocycles. The van der Waals surface area contributed by atoms with Gasteiger partial charge in [-0.15, -0.1) is 24.2 Å². The third-order valence-electron chi connectivity index (χ3n) is 5.54. The summed E-state index contributed by atoms with van der Waals surface area (Å²) in [6, 6.07) is 7.65. The second-order valence-corrected chi connectivity index (χ2v) is 7.86. The van der Waals surface area contributed by atoms with E-state index in [9.17, 15) is 9.59 Å². The largest absolute Gasteiger partial charge is 0.469 e. The van der Waals surface area contributed by atoms with E-state index < -0.39 is 0 Å². The van der Waals surface area contributed by atoms with Crippen LogP contribution in [0.25, 0.3) is 0 Å². The van der Waals surface area contributed by atoms with Crippen LogP contribution in [0.5, 0.6) is 0 Å². The fourth-order valence-corrected chi connectivity index (χ4v) is 4.21. The Bertz CT molecular complexity index is 632. The van der Waals surface area contributed by atoms with Crippen LogP contribution in [0, 0.1) is 11.3 Å². The second kappa shape index (κ2) is 9.11. The summed E-state index contributed by atoms with van der Waals surface area (Å²) in [4.78, 5) is 25.7. The van der Waals surface area contributed by atoms with E-state index >= 15 is 0 Å². The van der Waals surface area contributed by atoms with Gasteiger partial charge in [0, 0.05) is 10.8 Å². The van der Waals surface area contributed by atoms with Gasteiger partial charge in [0.05, 0.1) is 19.6 Å². The lowest BCUT2D eigenvalue weighted by Gasteiger charge is -2.24. The minimum Gasteiger partial charge on any atom is -0.469 e. The zero-order chi connectivity index (χ0) is 17.9. The van der Waals surface area contributed by atoms with Gasteiger partial charge < -0.3 is 15.4 Å². The number of esters is 1. The van der Waals surface area contributed by atoms with E-state index in [1.807, 2.05) is 30.5 Å². The van der Waals surface area contributed by atoms with Crippen molar-refractivity contribution in [1.82, 2.24) is 10.6 Å². The van der Waals surface area contributed by atoms with E-state index in [-0.39, 0.29) is 48.1 Å². The van der Waals surface area contributed by atoms with E-state index in [2.05, 4.69) is 10.6 Å². The molecule has 2 fully saturated rings. The second-order valence-electron chi connectivity index (χ2n) is 6.98. The van der Waals surface area contributed by atoms with E-state index in [1.54, 1.807) is 11.8 Å². The average molecular weight is 399 g/mol. The number of amides is 1. The van der Waals surface area contributed by atoms with Crippen molar-refractivity contribution in [2.75, 3.05) is 26.5 Å². The Kier molecular flexibility index (Phi) is 7.38. The first kappa shape index (κ1) is 21.1. The molecule has 3 rings (SSSR count). The minimum atomic E-state index is -0.338. The minimum absolute atomic E-state index is 0. The number of nitrogens with one attached hydrogen (secondary N) is 2. The van der Waals surface area contributed by atoms with Gasteiger partial charge in [-0.2, -0.15) is 0 Å². The van der Waals surface area contributed by atoms with Crippen LogP contribution >= 0.6 is 24.2 Å². The van der Waals surface area contributed by atoms with Gasteiger partial charge in [0.2, 0.25) is 5.91 Å². The summed E-state index contributed by atoms with van der Waals surface area (Å²) in [6.45, 7) is 1.98. The first-order valence-corrected chi connectivity index (χ1v) is 10.0. The predicted molar refractivity (Wildman–Crippen MR) is 106 cm³/mol. The molecular formula is C19H27ClN2O3S. The molecule has 1 aliphatic heterocycles.